The lowest BCUT2D eigenvalue weighted by atomic mass is 10.1. The summed E-state index contributed by atoms with van der Waals surface area (Å²) in [6.07, 6.45) is 3.09. The summed E-state index contributed by atoms with van der Waals surface area (Å²) < 4.78 is 1.54. The predicted molar refractivity (Wildman–Crippen MR) is 76.5 cm³/mol. The fraction of sp³-hybridized carbons (Fsp3) is 0.692. The van der Waals surface area contributed by atoms with Crippen molar-refractivity contribution < 1.29 is 14.8 Å². The first kappa shape index (κ1) is 15.3. The second-order valence-electron chi connectivity index (χ2n) is 5.23. The lowest BCUT2D eigenvalue weighted by Crippen LogP contribution is -2.42. The second kappa shape index (κ2) is 6.11. The Hall–Kier alpha value is -2.12. The van der Waals surface area contributed by atoms with Crippen molar-refractivity contribution in [1.29, 1.82) is 0 Å². The van der Waals surface area contributed by atoms with Gasteiger partial charge in [-0.2, -0.15) is 5.10 Å². The van der Waals surface area contributed by atoms with Crippen LogP contribution in [0.1, 0.15) is 38.3 Å². The minimum absolute atomic E-state index is 0.0787. The van der Waals surface area contributed by atoms with E-state index in [0.717, 1.165) is 19.3 Å². The van der Waals surface area contributed by atoms with Crippen LogP contribution in [0.25, 0.3) is 0 Å². The van der Waals surface area contributed by atoms with Crippen LogP contribution in [0.15, 0.2) is 0 Å². The van der Waals surface area contributed by atoms with Gasteiger partial charge in [0.15, 0.2) is 0 Å². The Morgan fingerprint density at radius 3 is 2.76 bits per heavy atom. The molecule has 1 atom stereocenters. The quantitative estimate of drug-likeness (QED) is 0.673. The zero-order valence-electron chi connectivity index (χ0n) is 12.3. The van der Waals surface area contributed by atoms with Gasteiger partial charge in [-0.05, 0) is 26.7 Å². The van der Waals surface area contributed by atoms with E-state index in [2.05, 4.69) is 5.10 Å². The molecular weight excluding hydrogens is 276 g/mol. The Morgan fingerprint density at radius 1 is 1.48 bits per heavy atom. The highest BCUT2D eigenvalue weighted by Crippen LogP contribution is 2.35. The molecule has 1 unspecified atom stereocenters. The molecule has 1 aromatic heterocycles. The first-order valence-electron chi connectivity index (χ1n) is 7.18. The number of carbonyl (C=O) groups is 1. The number of nitrogens with zero attached hydrogens (tertiary/aromatic N) is 4. The van der Waals surface area contributed by atoms with Gasteiger partial charge in [-0.15, -0.1) is 0 Å². The lowest BCUT2D eigenvalue weighted by Gasteiger charge is -2.28. The molecule has 1 saturated heterocycles. The summed E-state index contributed by atoms with van der Waals surface area (Å²) >= 11 is 0. The van der Waals surface area contributed by atoms with Crippen LogP contribution in [0.3, 0.4) is 0 Å². The highest BCUT2D eigenvalue weighted by Gasteiger charge is 2.36. The van der Waals surface area contributed by atoms with E-state index in [9.17, 15) is 20.0 Å². The van der Waals surface area contributed by atoms with Gasteiger partial charge in [0.1, 0.15) is 11.7 Å². The fourth-order valence-corrected chi connectivity index (χ4v) is 2.90. The Bertz CT molecular complexity index is 555. The molecule has 2 heterocycles. The first-order chi connectivity index (χ1) is 9.97. The molecule has 2 rings (SSSR count). The van der Waals surface area contributed by atoms with Crippen LogP contribution in [-0.4, -0.2) is 38.4 Å². The predicted octanol–water partition coefficient (Wildman–Crippen LogP) is 1.95. The van der Waals surface area contributed by atoms with E-state index in [1.54, 1.807) is 11.8 Å². The summed E-state index contributed by atoms with van der Waals surface area (Å²) in [5.74, 6) is -0.609. The molecule has 1 aromatic rings. The number of hydrogen-bond donors (Lipinski definition) is 1. The van der Waals surface area contributed by atoms with Crippen LogP contribution < -0.4 is 4.90 Å². The molecule has 0 saturated carbocycles. The van der Waals surface area contributed by atoms with Crippen LogP contribution in [0.4, 0.5) is 11.5 Å². The molecule has 8 heteroatoms. The van der Waals surface area contributed by atoms with Gasteiger partial charge in [-0.25, -0.2) is 9.48 Å². The van der Waals surface area contributed by atoms with Crippen LogP contribution in [-0.2, 0) is 11.3 Å². The van der Waals surface area contributed by atoms with E-state index in [1.165, 1.54) is 4.68 Å². The van der Waals surface area contributed by atoms with Crippen molar-refractivity contribution in [1.82, 2.24) is 9.78 Å². The summed E-state index contributed by atoms with van der Waals surface area (Å²) in [5.41, 5.74) is 0.246. The number of aryl methyl sites for hydroxylation is 2. The standard InChI is InChI=1S/C13H20N4O4/c1-3-16-12(11(17(20)21)9(2)14-16)15-8-6-4-5-7-10(15)13(18)19/h10H,3-8H2,1-2H3,(H,18,19). The van der Waals surface area contributed by atoms with E-state index in [1.807, 2.05) is 6.92 Å². The number of anilines is 1. The van der Waals surface area contributed by atoms with Gasteiger partial charge in [-0.1, -0.05) is 12.8 Å². The van der Waals surface area contributed by atoms with Gasteiger partial charge in [0.2, 0.25) is 5.82 Å². The summed E-state index contributed by atoms with van der Waals surface area (Å²) in [6, 6.07) is -0.729. The summed E-state index contributed by atoms with van der Waals surface area (Å²) in [6.45, 7) is 4.39. The maximum absolute atomic E-state index is 11.5. The van der Waals surface area contributed by atoms with Crippen LogP contribution >= 0.6 is 0 Å². The van der Waals surface area contributed by atoms with E-state index >= 15 is 0 Å². The van der Waals surface area contributed by atoms with Crippen molar-refractivity contribution >= 4 is 17.5 Å². The van der Waals surface area contributed by atoms with Crippen LogP contribution in [0.5, 0.6) is 0 Å². The minimum atomic E-state index is -0.937. The van der Waals surface area contributed by atoms with Gasteiger partial charge < -0.3 is 10.0 Å². The van der Waals surface area contributed by atoms with Crippen molar-refractivity contribution in [2.45, 2.75) is 52.1 Å². The van der Waals surface area contributed by atoms with E-state index < -0.39 is 16.9 Å². The molecule has 8 nitrogen and oxygen atoms in total. The minimum Gasteiger partial charge on any atom is -0.480 e. The monoisotopic (exact) mass is 296 g/mol. The van der Waals surface area contributed by atoms with Gasteiger partial charge in [0.05, 0.1) is 4.92 Å². The molecule has 0 spiro atoms. The van der Waals surface area contributed by atoms with E-state index in [-0.39, 0.29) is 5.69 Å². The molecule has 1 aliphatic rings. The number of carboxylic acid groups (broad SMARTS) is 1. The number of nitro groups is 1. The normalized spacial score (nSPS) is 19.3. The molecule has 21 heavy (non-hydrogen) atoms. The fourth-order valence-electron chi connectivity index (χ4n) is 2.90. The summed E-state index contributed by atoms with van der Waals surface area (Å²) in [7, 11) is 0. The highest BCUT2D eigenvalue weighted by atomic mass is 16.6. The smallest absolute Gasteiger partial charge is 0.333 e. The highest BCUT2D eigenvalue weighted by molar-refractivity contribution is 5.79. The number of aliphatic carboxylic acids is 1. The lowest BCUT2D eigenvalue weighted by molar-refractivity contribution is -0.384. The Morgan fingerprint density at radius 2 is 2.19 bits per heavy atom. The third-order valence-corrected chi connectivity index (χ3v) is 3.86. The number of rotatable bonds is 4. The van der Waals surface area contributed by atoms with Crippen molar-refractivity contribution in [3.8, 4) is 0 Å². The molecule has 1 aliphatic heterocycles. The third-order valence-electron chi connectivity index (χ3n) is 3.86. The Kier molecular flexibility index (Phi) is 4.44. The molecule has 0 aliphatic carbocycles. The second-order valence-corrected chi connectivity index (χ2v) is 5.23. The molecule has 0 amide bonds. The average Bonchev–Trinajstić information content (AvgIpc) is 2.61. The largest absolute Gasteiger partial charge is 0.480 e. The maximum atomic E-state index is 11.5. The van der Waals surface area contributed by atoms with Crippen molar-refractivity contribution in [3.63, 3.8) is 0 Å². The van der Waals surface area contributed by atoms with Crippen molar-refractivity contribution in [3.05, 3.63) is 15.8 Å². The number of carboxylic acids is 1. The zero-order valence-corrected chi connectivity index (χ0v) is 12.3. The Labute approximate surface area is 122 Å². The molecule has 0 radical (unpaired) electrons. The van der Waals surface area contributed by atoms with Gasteiger partial charge >= 0.3 is 11.7 Å². The van der Waals surface area contributed by atoms with Crippen molar-refractivity contribution in [2.24, 2.45) is 0 Å². The first-order valence-corrected chi connectivity index (χ1v) is 7.18. The van der Waals surface area contributed by atoms with E-state index in [0.29, 0.717) is 31.0 Å². The van der Waals surface area contributed by atoms with Gasteiger partial charge in [0.25, 0.3) is 0 Å². The molecule has 1 fully saturated rings. The topological polar surface area (TPSA) is 101 Å². The molecular formula is C13H20N4O4. The molecule has 1 N–H and O–H groups in total. The van der Waals surface area contributed by atoms with Crippen molar-refractivity contribution in [2.75, 3.05) is 11.4 Å². The number of aromatic nitrogens is 2. The molecule has 116 valence electrons. The van der Waals surface area contributed by atoms with Crippen LogP contribution in [0.2, 0.25) is 0 Å². The summed E-state index contributed by atoms with van der Waals surface area (Å²) in [4.78, 5) is 24.1. The third kappa shape index (κ3) is 2.84. The average molecular weight is 296 g/mol. The SMILES string of the molecule is CCn1nc(C)c([N+](=O)[O-])c1N1CCCCCC1C(=O)O. The van der Waals surface area contributed by atoms with Crippen LogP contribution in [0, 0.1) is 17.0 Å². The summed E-state index contributed by atoms with van der Waals surface area (Å²) in [5, 5.41) is 25.0. The Balaban J connectivity index is 2.55. The van der Waals surface area contributed by atoms with E-state index in [4.69, 9.17) is 0 Å². The molecule has 0 bridgehead atoms. The number of hydrogen-bond acceptors (Lipinski definition) is 5. The maximum Gasteiger partial charge on any atom is 0.333 e. The molecule has 0 aromatic carbocycles. The van der Waals surface area contributed by atoms with Gasteiger partial charge in [-0.3, -0.25) is 10.1 Å². The van der Waals surface area contributed by atoms with Gasteiger partial charge in [0, 0.05) is 13.1 Å². The zero-order chi connectivity index (χ0) is 15.6.